The lowest BCUT2D eigenvalue weighted by Crippen LogP contribution is -2.54. The van der Waals surface area contributed by atoms with E-state index in [4.69, 9.17) is 10.5 Å². The Balaban J connectivity index is 1.80. The van der Waals surface area contributed by atoms with E-state index in [9.17, 15) is 9.59 Å². The van der Waals surface area contributed by atoms with Gasteiger partial charge in [0.15, 0.2) is 6.61 Å². The molecule has 0 bridgehead atoms. The monoisotopic (exact) mass is 347 g/mol. The smallest absolute Gasteiger partial charge is 0.260 e. The number of carbonyl (C=O) groups excluding carboxylic acids is 2. The minimum atomic E-state index is -0.430. The van der Waals surface area contributed by atoms with Gasteiger partial charge in [0, 0.05) is 26.2 Å². The maximum absolute atomic E-state index is 12.3. The summed E-state index contributed by atoms with van der Waals surface area (Å²) < 4.78 is 5.64. The molecule has 0 radical (unpaired) electrons. The third-order valence-corrected chi connectivity index (χ3v) is 4.42. The Kier molecular flexibility index (Phi) is 6.82. The molecule has 1 unspecified atom stereocenters. The first kappa shape index (κ1) is 19.2. The van der Waals surface area contributed by atoms with E-state index in [1.807, 2.05) is 32.9 Å². The number of hydrogen-bond donors (Lipinski definition) is 1. The van der Waals surface area contributed by atoms with E-state index in [0.29, 0.717) is 38.3 Å². The molecule has 2 rings (SSSR count). The molecule has 1 fully saturated rings. The van der Waals surface area contributed by atoms with Crippen molar-refractivity contribution in [2.45, 2.75) is 39.7 Å². The van der Waals surface area contributed by atoms with Crippen LogP contribution in [0.15, 0.2) is 18.2 Å². The number of nitrogens with two attached hydrogens (primary N) is 1. The topological polar surface area (TPSA) is 75.9 Å². The Morgan fingerprint density at radius 1 is 1.08 bits per heavy atom. The van der Waals surface area contributed by atoms with E-state index in [-0.39, 0.29) is 18.4 Å². The molecule has 1 aromatic rings. The van der Waals surface area contributed by atoms with Crippen molar-refractivity contribution in [2.24, 2.45) is 5.73 Å². The molecule has 1 atom stereocenters. The SMILES string of the molecule is CCCC(N)C(=O)N1CCN(C(=O)COc2cc(C)cc(C)c2)CC1. The molecule has 0 aromatic heterocycles. The molecule has 2 N–H and O–H groups in total. The second kappa shape index (κ2) is 8.85. The van der Waals surface area contributed by atoms with Crippen LogP contribution < -0.4 is 10.5 Å². The molecule has 6 heteroatoms. The zero-order valence-corrected chi connectivity index (χ0v) is 15.5. The first-order valence-electron chi connectivity index (χ1n) is 8.94. The van der Waals surface area contributed by atoms with Crippen molar-refractivity contribution in [3.8, 4) is 5.75 Å². The van der Waals surface area contributed by atoms with Gasteiger partial charge in [-0.25, -0.2) is 0 Å². The van der Waals surface area contributed by atoms with Gasteiger partial charge in [0.1, 0.15) is 5.75 Å². The number of nitrogens with zero attached hydrogens (tertiary/aromatic N) is 2. The molecule has 0 aliphatic carbocycles. The quantitative estimate of drug-likeness (QED) is 0.846. The molecule has 1 heterocycles. The molecule has 25 heavy (non-hydrogen) atoms. The van der Waals surface area contributed by atoms with Crippen molar-refractivity contribution in [3.05, 3.63) is 29.3 Å². The van der Waals surface area contributed by atoms with Crippen molar-refractivity contribution in [1.29, 1.82) is 0 Å². The summed E-state index contributed by atoms with van der Waals surface area (Å²) in [6, 6.07) is 5.48. The molecule has 1 aromatic carbocycles. The van der Waals surface area contributed by atoms with Crippen LogP contribution in [-0.4, -0.2) is 60.4 Å². The van der Waals surface area contributed by atoms with E-state index in [1.165, 1.54) is 0 Å². The fraction of sp³-hybridized carbons (Fsp3) is 0.579. The van der Waals surface area contributed by atoms with Crippen molar-refractivity contribution < 1.29 is 14.3 Å². The summed E-state index contributed by atoms with van der Waals surface area (Å²) in [5.41, 5.74) is 8.12. The zero-order valence-electron chi connectivity index (χ0n) is 15.5. The second-order valence-corrected chi connectivity index (χ2v) is 6.71. The third-order valence-electron chi connectivity index (χ3n) is 4.42. The number of hydrogen-bond acceptors (Lipinski definition) is 4. The molecular formula is C19H29N3O3. The van der Waals surface area contributed by atoms with Crippen LogP contribution in [-0.2, 0) is 9.59 Å². The average Bonchev–Trinajstić information content (AvgIpc) is 2.58. The standard InChI is InChI=1S/C19H29N3O3/c1-4-5-17(20)19(24)22-8-6-21(7-9-22)18(23)13-25-16-11-14(2)10-15(3)12-16/h10-12,17H,4-9,13,20H2,1-3H3. The van der Waals surface area contributed by atoms with Gasteiger partial charge in [0.25, 0.3) is 5.91 Å². The van der Waals surface area contributed by atoms with Crippen molar-refractivity contribution in [3.63, 3.8) is 0 Å². The minimum absolute atomic E-state index is 0.0135. The van der Waals surface area contributed by atoms with Crippen molar-refractivity contribution >= 4 is 11.8 Å². The molecule has 6 nitrogen and oxygen atoms in total. The molecule has 1 aliphatic rings. The lowest BCUT2D eigenvalue weighted by Gasteiger charge is -2.35. The first-order valence-corrected chi connectivity index (χ1v) is 8.94. The number of aryl methyl sites for hydroxylation is 2. The van der Waals surface area contributed by atoms with Crippen LogP contribution in [0.4, 0.5) is 0 Å². The van der Waals surface area contributed by atoms with E-state index in [1.54, 1.807) is 9.80 Å². The van der Waals surface area contributed by atoms with Gasteiger partial charge in [-0.2, -0.15) is 0 Å². The lowest BCUT2D eigenvalue weighted by molar-refractivity contribution is -0.141. The fourth-order valence-corrected chi connectivity index (χ4v) is 3.10. The Hall–Kier alpha value is -2.08. The van der Waals surface area contributed by atoms with E-state index in [0.717, 1.165) is 17.5 Å². The summed E-state index contributed by atoms with van der Waals surface area (Å²) in [6.45, 7) is 8.16. The van der Waals surface area contributed by atoms with Crippen molar-refractivity contribution in [2.75, 3.05) is 32.8 Å². The van der Waals surface area contributed by atoms with E-state index < -0.39 is 6.04 Å². The Labute approximate surface area is 149 Å². The number of rotatable bonds is 6. The van der Waals surface area contributed by atoms with Crippen LogP contribution in [0.2, 0.25) is 0 Å². The Bertz CT molecular complexity index is 590. The molecule has 138 valence electrons. The van der Waals surface area contributed by atoms with Crippen LogP contribution in [0.1, 0.15) is 30.9 Å². The van der Waals surface area contributed by atoms with Gasteiger partial charge in [-0.15, -0.1) is 0 Å². The normalized spacial score (nSPS) is 15.8. The van der Waals surface area contributed by atoms with Gasteiger partial charge in [0.2, 0.25) is 5.91 Å². The van der Waals surface area contributed by atoms with Crippen LogP contribution in [0.5, 0.6) is 5.75 Å². The van der Waals surface area contributed by atoms with Crippen molar-refractivity contribution in [1.82, 2.24) is 9.80 Å². The highest BCUT2D eigenvalue weighted by atomic mass is 16.5. The number of benzene rings is 1. The average molecular weight is 347 g/mol. The first-order chi connectivity index (χ1) is 11.9. The van der Waals surface area contributed by atoms with Gasteiger partial charge in [-0.1, -0.05) is 19.4 Å². The largest absolute Gasteiger partial charge is 0.484 e. The van der Waals surface area contributed by atoms with Gasteiger partial charge >= 0.3 is 0 Å². The molecule has 0 saturated carbocycles. The van der Waals surface area contributed by atoms with Crippen LogP contribution in [0, 0.1) is 13.8 Å². The van der Waals surface area contributed by atoms with Gasteiger partial charge < -0.3 is 20.3 Å². The molecule has 0 spiro atoms. The number of carbonyl (C=O) groups is 2. The van der Waals surface area contributed by atoms with Crippen LogP contribution in [0.25, 0.3) is 0 Å². The lowest BCUT2D eigenvalue weighted by atomic mass is 10.1. The summed E-state index contributed by atoms with van der Waals surface area (Å²) in [5.74, 6) is 0.648. The number of piperazine rings is 1. The highest BCUT2D eigenvalue weighted by molar-refractivity contribution is 5.82. The maximum atomic E-state index is 12.3. The van der Waals surface area contributed by atoms with Gasteiger partial charge in [0.05, 0.1) is 6.04 Å². The van der Waals surface area contributed by atoms with E-state index >= 15 is 0 Å². The maximum Gasteiger partial charge on any atom is 0.260 e. The second-order valence-electron chi connectivity index (χ2n) is 6.71. The summed E-state index contributed by atoms with van der Waals surface area (Å²) >= 11 is 0. The molecule has 1 saturated heterocycles. The minimum Gasteiger partial charge on any atom is -0.484 e. The highest BCUT2D eigenvalue weighted by Crippen LogP contribution is 2.16. The van der Waals surface area contributed by atoms with Gasteiger partial charge in [-0.3, -0.25) is 9.59 Å². The highest BCUT2D eigenvalue weighted by Gasteiger charge is 2.26. The van der Waals surface area contributed by atoms with E-state index in [2.05, 4.69) is 6.07 Å². The zero-order chi connectivity index (χ0) is 18.4. The van der Waals surface area contributed by atoms with Crippen LogP contribution in [0.3, 0.4) is 0 Å². The van der Waals surface area contributed by atoms with Crippen LogP contribution >= 0.6 is 0 Å². The summed E-state index contributed by atoms with van der Waals surface area (Å²) in [7, 11) is 0. The summed E-state index contributed by atoms with van der Waals surface area (Å²) in [5, 5.41) is 0. The summed E-state index contributed by atoms with van der Waals surface area (Å²) in [6.07, 6.45) is 1.59. The molecule has 1 aliphatic heterocycles. The fourth-order valence-electron chi connectivity index (χ4n) is 3.10. The third kappa shape index (κ3) is 5.46. The molecule has 2 amide bonds. The number of amides is 2. The Morgan fingerprint density at radius 2 is 1.64 bits per heavy atom. The molecular weight excluding hydrogens is 318 g/mol. The van der Waals surface area contributed by atoms with Gasteiger partial charge in [-0.05, 0) is 43.5 Å². The predicted octanol–water partition coefficient (Wildman–Crippen LogP) is 1.48. The Morgan fingerprint density at radius 3 is 2.20 bits per heavy atom. The summed E-state index contributed by atoms with van der Waals surface area (Å²) in [4.78, 5) is 28.0. The predicted molar refractivity (Wildman–Crippen MR) is 97.5 cm³/mol. The number of ether oxygens (including phenoxy) is 1.